The van der Waals surface area contributed by atoms with Crippen LogP contribution in [-0.2, 0) is 17.8 Å². The van der Waals surface area contributed by atoms with Crippen LogP contribution in [0.4, 0.5) is 4.79 Å². The van der Waals surface area contributed by atoms with Gasteiger partial charge in [0, 0.05) is 17.6 Å². The summed E-state index contributed by atoms with van der Waals surface area (Å²) in [5, 5.41) is 1.04. The van der Waals surface area contributed by atoms with E-state index in [0.29, 0.717) is 0 Å². The Labute approximate surface area is 135 Å². The van der Waals surface area contributed by atoms with Gasteiger partial charge in [-0.1, -0.05) is 48.5 Å². The van der Waals surface area contributed by atoms with E-state index in [4.69, 9.17) is 10.5 Å². The number of carbonyl (C=O) groups excluding carboxylic acids is 1. The zero-order valence-corrected chi connectivity index (χ0v) is 13.1. The fraction of sp³-hybridized carbons (Fsp3) is 0.211. The highest BCUT2D eigenvalue weighted by atomic mass is 16.5. The smallest absolute Gasteiger partial charge is 0.418 e. The monoisotopic (exact) mass is 308 g/mol. The number of nitrogens with two attached hydrogens (primary N) is 1. The summed E-state index contributed by atoms with van der Waals surface area (Å²) in [6.07, 6.45) is 2.18. The molecule has 0 aliphatic rings. The van der Waals surface area contributed by atoms with Crippen LogP contribution in [0.5, 0.6) is 0 Å². The first-order valence-electron chi connectivity index (χ1n) is 7.71. The van der Waals surface area contributed by atoms with Crippen molar-refractivity contribution < 1.29 is 9.53 Å². The van der Waals surface area contributed by atoms with E-state index in [1.54, 1.807) is 4.57 Å². The van der Waals surface area contributed by atoms with Gasteiger partial charge in [-0.3, -0.25) is 4.57 Å². The van der Waals surface area contributed by atoms with Crippen LogP contribution in [-0.4, -0.2) is 16.7 Å². The summed E-state index contributed by atoms with van der Waals surface area (Å²) in [6.45, 7) is 2.22. The first kappa shape index (κ1) is 15.3. The van der Waals surface area contributed by atoms with Crippen LogP contribution in [0.3, 0.4) is 0 Å². The molecule has 0 spiro atoms. The van der Waals surface area contributed by atoms with Crippen molar-refractivity contribution in [3.05, 3.63) is 71.9 Å². The highest BCUT2D eigenvalue weighted by Crippen LogP contribution is 2.22. The molecule has 0 radical (unpaired) electrons. The SMILES string of the molecule is C[C@@H](N)Cc1cn(C(=O)OCc2ccccc2)c2ccccc12. The number of aromatic nitrogens is 1. The molecule has 0 bridgehead atoms. The maximum Gasteiger partial charge on any atom is 0.418 e. The maximum absolute atomic E-state index is 12.4. The minimum Gasteiger partial charge on any atom is -0.444 e. The number of fused-ring (bicyclic) bond motifs is 1. The van der Waals surface area contributed by atoms with Gasteiger partial charge in [0.25, 0.3) is 0 Å². The summed E-state index contributed by atoms with van der Waals surface area (Å²) in [7, 11) is 0. The van der Waals surface area contributed by atoms with Crippen molar-refractivity contribution in [1.82, 2.24) is 4.57 Å². The minimum atomic E-state index is -0.374. The normalized spacial score (nSPS) is 12.3. The van der Waals surface area contributed by atoms with Gasteiger partial charge in [0.05, 0.1) is 5.52 Å². The van der Waals surface area contributed by atoms with Crippen LogP contribution < -0.4 is 5.73 Å². The lowest BCUT2D eigenvalue weighted by molar-refractivity contribution is 0.142. The molecule has 118 valence electrons. The summed E-state index contributed by atoms with van der Waals surface area (Å²) >= 11 is 0. The third-order valence-corrected chi connectivity index (χ3v) is 3.74. The van der Waals surface area contributed by atoms with Gasteiger partial charge in [0.2, 0.25) is 0 Å². The van der Waals surface area contributed by atoms with Crippen LogP contribution in [0.1, 0.15) is 18.1 Å². The second-order valence-corrected chi connectivity index (χ2v) is 5.76. The predicted molar refractivity (Wildman–Crippen MR) is 91.3 cm³/mol. The van der Waals surface area contributed by atoms with Gasteiger partial charge in [-0.25, -0.2) is 4.79 Å². The van der Waals surface area contributed by atoms with Crippen molar-refractivity contribution in [3.63, 3.8) is 0 Å². The van der Waals surface area contributed by atoms with E-state index in [1.807, 2.05) is 67.7 Å². The van der Waals surface area contributed by atoms with Crippen LogP contribution in [0, 0.1) is 0 Å². The molecule has 2 aromatic carbocycles. The molecule has 1 heterocycles. The Morgan fingerprint density at radius 1 is 1.13 bits per heavy atom. The summed E-state index contributed by atoms with van der Waals surface area (Å²) < 4.78 is 7.00. The van der Waals surface area contributed by atoms with Gasteiger partial charge < -0.3 is 10.5 Å². The molecule has 0 saturated carbocycles. The average molecular weight is 308 g/mol. The molecule has 23 heavy (non-hydrogen) atoms. The van der Waals surface area contributed by atoms with Gasteiger partial charge in [-0.05, 0) is 30.5 Å². The molecular formula is C19H20N2O2. The van der Waals surface area contributed by atoms with Crippen LogP contribution >= 0.6 is 0 Å². The number of hydrogen-bond acceptors (Lipinski definition) is 3. The highest BCUT2D eigenvalue weighted by molar-refractivity contribution is 5.92. The van der Waals surface area contributed by atoms with Gasteiger partial charge in [0.15, 0.2) is 0 Å². The zero-order chi connectivity index (χ0) is 16.2. The van der Waals surface area contributed by atoms with E-state index in [-0.39, 0.29) is 18.7 Å². The topological polar surface area (TPSA) is 57.2 Å². The van der Waals surface area contributed by atoms with E-state index in [0.717, 1.165) is 28.5 Å². The van der Waals surface area contributed by atoms with Crippen molar-refractivity contribution in [2.75, 3.05) is 0 Å². The first-order chi connectivity index (χ1) is 11.1. The van der Waals surface area contributed by atoms with E-state index >= 15 is 0 Å². The molecule has 1 aromatic heterocycles. The molecule has 4 nitrogen and oxygen atoms in total. The van der Waals surface area contributed by atoms with Crippen LogP contribution in [0.2, 0.25) is 0 Å². The lowest BCUT2D eigenvalue weighted by atomic mass is 10.1. The van der Waals surface area contributed by atoms with Crippen molar-refractivity contribution in [1.29, 1.82) is 0 Å². The van der Waals surface area contributed by atoms with Crippen molar-refractivity contribution in [2.24, 2.45) is 5.73 Å². The number of benzene rings is 2. The van der Waals surface area contributed by atoms with Gasteiger partial charge in [-0.15, -0.1) is 0 Å². The summed E-state index contributed by atoms with van der Waals surface area (Å²) in [4.78, 5) is 12.4. The highest BCUT2D eigenvalue weighted by Gasteiger charge is 2.15. The Morgan fingerprint density at radius 3 is 2.57 bits per heavy atom. The average Bonchev–Trinajstić information content (AvgIpc) is 2.92. The largest absolute Gasteiger partial charge is 0.444 e. The molecule has 0 amide bonds. The van der Waals surface area contributed by atoms with Crippen molar-refractivity contribution in [2.45, 2.75) is 26.0 Å². The Hall–Kier alpha value is -2.59. The number of ether oxygens (including phenoxy) is 1. The Bertz CT molecular complexity index is 807. The Balaban J connectivity index is 1.85. The second-order valence-electron chi connectivity index (χ2n) is 5.76. The summed E-state index contributed by atoms with van der Waals surface area (Å²) in [5.41, 5.74) is 8.79. The lowest BCUT2D eigenvalue weighted by Gasteiger charge is -2.06. The van der Waals surface area contributed by atoms with Gasteiger partial charge in [0.1, 0.15) is 6.61 Å². The molecule has 0 aliphatic heterocycles. The standard InChI is InChI=1S/C19H20N2O2/c1-14(20)11-16-12-21(18-10-6-5-9-17(16)18)19(22)23-13-15-7-3-2-4-8-15/h2-10,12,14H,11,13,20H2,1H3/t14-/m1/s1. The molecule has 1 atom stereocenters. The fourth-order valence-corrected chi connectivity index (χ4v) is 2.70. The third kappa shape index (κ3) is 3.43. The molecular weight excluding hydrogens is 288 g/mol. The van der Waals surface area contributed by atoms with Gasteiger partial charge >= 0.3 is 6.09 Å². The number of hydrogen-bond donors (Lipinski definition) is 1. The minimum absolute atomic E-state index is 0.0367. The summed E-state index contributed by atoms with van der Waals surface area (Å²) in [5.74, 6) is 0. The number of nitrogens with zero attached hydrogens (tertiary/aromatic N) is 1. The molecule has 4 heteroatoms. The molecule has 0 saturated heterocycles. The van der Waals surface area contributed by atoms with Crippen LogP contribution in [0.25, 0.3) is 10.9 Å². The number of para-hydroxylation sites is 1. The first-order valence-corrected chi connectivity index (χ1v) is 7.71. The Kier molecular flexibility index (Phi) is 4.44. The Morgan fingerprint density at radius 2 is 1.83 bits per heavy atom. The molecule has 0 aliphatic carbocycles. The molecule has 3 aromatic rings. The lowest BCUT2D eigenvalue weighted by Crippen LogP contribution is -2.17. The molecule has 0 fully saturated rings. The number of carbonyl (C=O) groups is 1. The fourth-order valence-electron chi connectivity index (χ4n) is 2.70. The van der Waals surface area contributed by atoms with Crippen molar-refractivity contribution in [3.8, 4) is 0 Å². The third-order valence-electron chi connectivity index (χ3n) is 3.74. The number of rotatable bonds is 4. The van der Waals surface area contributed by atoms with Gasteiger partial charge in [-0.2, -0.15) is 0 Å². The molecule has 0 unspecified atom stereocenters. The molecule has 2 N–H and O–H groups in total. The molecule has 3 rings (SSSR count). The van der Waals surface area contributed by atoms with E-state index < -0.39 is 0 Å². The van der Waals surface area contributed by atoms with Crippen molar-refractivity contribution >= 4 is 17.0 Å². The second kappa shape index (κ2) is 6.67. The predicted octanol–water partition coefficient (Wildman–Crippen LogP) is 3.72. The van der Waals surface area contributed by atoms with E-state index in [1.165, 1.54) is 0 Å². The quantitative estimate of drug-likeness (QED) is 0.799. The maximum atomic E-state index is 12.4. The van der Waals surface area contributed by atoms with E-state index in [2.05, 4.69) is 0 Å². The zero-order valence-electron chi connectivity index (χ0n) is 13.1. The van der Waals surface area contributed by atoms with Crippen LogP contribution in [0.15, 0.2) is 60.8 Å². The van der Waals surface area contributed by atoms with E-state index in [9.17, 15) is 4.79 Å². The summed E-state index contributed by atoms with van der Waals surface area (Å²) in [6, 6.07) is 17.5.